The molecule has 0 bridgehead atoms. The lowest BCUT2D eigenvalue weighted by Crippen LogP contribution is -2.51. The number of ether oxygens (including phenoxy) is 2. The van der Waals surface area contributed by atoms with Crippen LogP contribution in [-0.2, 0) is 11.2 Å². The molecule has 1 amide bonds. The van der Waals surface area contributed by atoms with Crippen LogP contribution < -0.4 is 25.4 Å². The van der Waals surface area contributed by atoms with E-state index < -0.39 is 24.0 Å². The number of nitrogens with one attached hydrogen (secondary N) is 1. The molecule has 0 spiro atoms. The van der Waals surface area contributed by atoms with E-state index in [1.165, 1.54) is 0 Å². The highest BCUT2D eigenvalue weighted by molar-refractivity contribution is 5.98. The number of rotatable bonds is 7. The van der Waals surface area contributed by atoms with Gasteiger partial charge in [0.05, 0.1) is 19.6 Å². The zero-order valence-corrected chi connectivity index (χ0v) is 21.1. The quantitative estimate of drug-likeness (QED) is 0.475. The van der Waals surface area contributed by atoms with Gasteiger partial charge in [0, 0.05) is 18.5 Å². The molecule has 198 valence electrons. The summed E-state index contributed by atoms with van der Waals surface area (Å²) in [5.74, 6) is 1.55. The monoisotopic (exact) mass is 516 g/mol. The van der Waals surface area contributed by atoms with Crippen molar-refractivity contribution in [3.05, 3.63) is 53.6 Å². The minimum Gasteiger partial charge on any atom is -0.493 e. The third-order valence-corrected chi connectivity index (χ3v) is 7.10. The van der Waals surface area contributed by atoms with Gasteiger partial charge in [0.25, 0.3) is 0 Å². The standard InChI is InChI=1S/C27H31F3N4O3/c1-17-19-13-21(36-2)22(37-3)14-20(19)23(31)33-24(17)34-11-9-26(10-12-34,15-18-7-5-4-6-8-18)25(35)32-16-27(28,29)30/h4-8,13-14H,9-12,15-16H2,1-3H3,(H2,31,33)(H,32,35). The van der Waals surface area contributed by atoms with E-state index in [2.05, 4.69) is 10.3 Å². The fraction of sp³-hybridized carbons (Fsp3) is 0.407. The number of nitrogens with two attached hydrogens (primary N) is 1. The van der Waals surface area contributed by atoms with Crippen molar-refractivity contribution in [3.63, 3.8) is 0 Å². The molecule has 7 nitrogen and oxygen atoms in total. The van der Waals surface area contributed by atoms with Crippen molar-refractivity contribution in [2.45, 2.75) is 32.4 Å². The van der Waals surface area contributed by atoms with Gasteiger partial charge in [0.1, 0.15) is 18.2 Å². The van der Waals surface area contributed by atoms with Crippen LogP contribution in [0.3, 0.4) is 0 Å². The summed E-state index contributed by atoms with van der Waals surface area (Å²) < 4.78 is 49.5. The van der Waals surface area contributed by atoms with Gasteiger partial charge in [-0.05, 0) is 54.8 Å². The molecule has 1 aliphatic heterocycles. The predicted octanol–water partition coefficient (Wildman–Crippen LogP) is 4.65. The minimum absolute atomic E-state index is 0.334. The predicted molar refractivity (Wildman–Crippen MR) is 137 cm³/mol. The summed E-state index contributed by atoms with van der Waals surface area (Å²) in [7, 11) is 3.11. The van der Waals surface area contributed by atoms with Crippen LogP contribution >= 0.6 is 0 Å². The van der Waals surface area contributed by atoms with E-state index in [1.807, 2.05) is 48.2 Å². The Balaban J connectivity index is 1.63. The number of aromatic nitrogens is 1. The molecule has 0 atom stereocenters. The van der Waals surface area contributed by atoms with E-state index in [4.69, 9.17) is 15.2 Å². The first-order chi connectivity index (χ1) is 17.6. The molecule has 4 rings (SSSR count). The van der Waals surface area contributed by atoms with Gasteiger partial charge in [-0.3, -0.25) is 4.79 Å². The number of aryl methyl sites for hydroxylation is 1. The van der Waals surface area contributed by atoms with E-state index in [-0.39, 0.29) is 0 Å². The topological polar surface area (TPSA) is 89.7 Å². The fourth-order valence-electron chi connectivity index (χ4n) is 5.07. The molecule has 3 aromatic rings. The zero-order valence-electron chi connectivity index (χ0n) is 21.1. The second kappa shape index (κ2) is 10.4. The van der Waals surface area contributed by atoms with Gasteiger partial charge in [-0.1, -0.05) is 30.3 Å². The van der Waals surface area contributed by atoms with E-state index in [1.54, 1.807) is 20.3 Å². The first-order valence-electron chi connectivity index (χ1n) is 12.0. The maximum absolute atomic E-state index is 13.2. The number of hydrogen-bond donors (Lipinski definition) is 2. The van der Waals surface area contributed by atoms with Crippen molar-refractivity contribution < 1.29 is 27.4 Å². The molecule has 1 aliphatic rings. The Kier molecular flexibility index (Phi) is 7.38. The Morgan fingerprint density at radius 2 is 1.68 bits per heavy atom. The Labute approximate surface area is 213 Å². The number of carbonyl (C=O) groups excluding carboxylic acids is 1. The number of fused-ring (bicyclic) bond motifs is 1. The summed E-state index contributed by atoms with van der Waals surface area (Å²) in [6, 6.07) is 13.0. The van der Waals surface area contributed by atoms with Gasteiger partial charge >= 0.3 is 6.18 Å². The number of nitrogen functional groups attached to an aromatic ring is 1. The number of benzene rings is 2. The summed E-state index contributed by atoms with van der Waals surface area (Å²) in [4.78, 5) is 19.9. The van der Waals surface area contributed by atoms with Gasteiger partial charge in [0.2, 0.25) is 5.91 Å². The van der Waals surface area contributed by atoms with E-state index in [9.17, 15) is 18.0 Å². The number of carbonyl (C=O) groups is 1. The fourth-order valence-corrected chi connectivity index (χ4v) is 5.07. The van der Waals surface area contributed by atoms with Crippen molar-refractivity contribution in [2.24, 2.45) is 5.41 Å². The number of halogens is 3. The van der Waals surface area contributed by atoms with Crippen molar-refractivity contribution >= 4 is 28.3 Å². The second-order valence-electron chi connectivity index (χ2n) is 9.43. The van der Waals surface area contributed by atoms with Crippen LogP contribution in [0.25, 0.3) is 10.8 Å². The van der Waals surface area contributed by atoms with Crippen molar-refractivity contribution in [1.82, 2.24) is 10.3 Å². The van der Waals surface area contributed by atoms with Crippen molar-refractivity contribution in [2.75, 3.05) is 44.5 Å². The molecule has 0 unspecified atom stereocenters. The normalized spacial score (nSPS) is 15.5. The summed E-state index contributed by atoms with van der Waals surface area (Å²) in [5, 5.41) is 3.73. The summed E-state index contributed by atoms with van der Waals surface area (Å²) in [6.07, 6.45) is -3.38. The number of nitrogens with zero attached hydrogens (tertiary/aromatic N) is 2. The number of anilines is 2. The largest absolute Gasteiger partial charge is 0.493 e. The minimum atomic E-state index is -4.47. The molecule has 0 radical (unpaired) electrons. The maximum atomic E-state index is 13.2. The number of methoxy groups -OCH3 is 2. The number of alkyl halides is 3. The molecule has 1 saturated heterocycles. The maximum Gasteiger partial charge on any atom is 0.405 e. The highest BCUT2D eigenvalue weighted by Crippen LogP contribution is 2.41. The van der Waals surface area contributed by atoms with Crippen molar-refractivity contribution in [3.8, 4) is 11.5 Å². The molecule has 37 heavy (non-hydrogen) atoms. The highest BCUT2D eigenvalue weighted by Gasteiger charge is 2.43. The number of amides is 1. The summed E-state index contributed by atoms with van der Waals surface area (Å²) in [6.45, 7) is 1.48. The van der Waals surface area contributed by atoms with Crippen LogP contribution in [0.5, 0.6) is 11.5 Å². The SMILES string of the molecule is COc1cc2c(N)nc(N3CCC(Cc4ccccc4)(C(=O)NCC(F)(F)F)CC3)c(C)c2cc1OC. The van der Waals surface area contributed by atoms with E-state index >= 15 is 0 Å². The second-order valence-corrected chi connectivity index (χ2v) is 9.43. The highest BCUT2D eigenvalue weighted by atomic mass is 19.4. The average molecular weight is 517 g/mol. The molecule has 1 aromatic heterocycles. The molecular formula is C27H31F3N4O3. The molecule has 10 heteroatoms. The molecule has 2 heterocycles. The Bertz CT molecular complexity index is 1270. The molecule has 0 aliphatic carbocycles. The summed E-state index contributed by atoms with van der Waals surface area (Å²) in [5.41, 5.74) is 7.16. The number of piperidine rings is 1. The van der Waals surface area contributed by atoms with Gasteiger partial charge in [-0.15, -0.1) is 0 Å². The number of hydrogen-bond acceptors (Lipinski definition) is 6. The lowest BCUT2D eigenvalue weighted by molar-refractivity contribution is -0.145. The van der Waals surface area contributed by atoms with Crippen LogP contribution in [0, 0.1) is 12.3 Å². The third-order valence-electron chi connectivity index (χ3n) is 7.10. The lowest BCUT2D eigenvalue weighted by atomic mass is 9.73. The van der Waals surface area contributed by atoms with Crippen LogP contribution in [-0.4, -0.2) is 50.9 Å². The molecule has 2 aromatic carbocycles. The van der Waals surface area contributed by atoms with E-state index in [0.29, 0.717) is 55.5 Å². The Hall–Kier alpha value is -3.69. The molecule has 0 saturated carbocycles. The zero-order chi connectivity index (χ0) is 26.8. The van der Waals surface area contributed by atoms with Gasteiger partial charge in [0.15, 0.2) is 11.5 Å². The van der Waals surface area contributed by atoms with Gasteiger partial charge < -0.3 is 25.4 Å². The molecular weight excluding hydrogens is 485 g/mol. The molecule has 3 N–H and O–H groups in total. The first-order valence-corrected chi connectivity index (χ1v) is 12.0. The van der Waals surface area contributed by atoms with Crippen LogP contribution in [0.15, 0.2) is 42.5 Å². The third kappa shape index (κ3) is 5.52. The lowest BCUT2D eigenvalue weighted by Gasteiger charge is -2.42. The smallest absolute Gasteiger partial charge is 0.405 e. The average Bonchev–Trinajstić information content (AvgIpc) is 2.89. The molecule has 1 fully saturated rings. The Morgan fingerprint density at radius 1 is 1.08 bits per heavy atom. The summed E-state index contributed by atoms with van der Waals surface area (Å²) >= 11 is 0. The van der Waals surface area contributed by atoms with Crippen molar-refractivity contribution in [1.29, 1.82) is 0 Å². The van der Waals surface area contributed by atoms with E-state index in [0.717, 1.165) is 21.9 Å². The Morgan fingerprint density at radius 3 is 2.24 bits per heavy atom. The van der Waals surface area contributed by atoms with Crippen LogP contribution in [0.4, 0.5) is 24.8 Å². The van der Waals surface area contributed by atoms with Gasteiger partial charge in [-0.25, -0.2) is 4.98 Å². The van der Waals surface area contributed by atoms with Gasteiger partial charge in [-0.2, -0.15) is 13.2 Å². The van der Waals surface area contributed by atoms with Crippen LogP contribution in [0.2, 0.25) is 0 Å². The van der Waals surface area contributed by atoms with Crippen LogP contribution in [0.1, 0.15) is 24.0 Å². The first kappa shape index (κ1) is 26.4. The number of pyridine rings is 1.